The first-order chi connectivity index (χ1) is 20.9. The summed E-state index contributed by atoms with van der Waals surface area (Å²) in [6.45, 7) is 9.89. The Labute approximate surface area is 265 Å². The van der Waals surface area contributed by atoms with Crippen LogP contribution in [0.1, 0.15) is 131 Å². The highest BCUT2D eigenvalue weighted by Crippen LogP contribution is 2.42. The maximum Gasteiger partial charge on any atom is 0.223 e. The summed E-state index contributed by atoms with van der Waals surface area (Å²) in [7, 11) is 0. The van der Waals surface area contributed by atoms with E-state index in [2.05, 4.69) is 69.5 Å². The molecule has 1 aliphatic carbocycles. The fraction of sp³-hybridized carbons (Fsp3) is 0.647. The lowest BCUT2D eigenvalue weighted by atomic mass is 9.80. The molecule has 2 unspecified atom stereocenters. The second-order valence-electron chi connectivity index (χ2n) is 13.1. The average Bonchev–Trinajstić information content (AvgIpc) is 3.83. The summed E-state index contributed by atoms with van der Waals surface area (Å²) in [4.78, 5) is 25.9. The van der Waals surface area contributed by atoms with Gasteiger partial charge in [0, 0.05) is 47.4 Å². The summed E-state index contributed by atoms with van der Waals surface area (Å²) in [5.74, 6) is 3.89. The molecule has 1 N–H and O–H groups in total. The number of nitrogens with zero attached hydrogens (tertiary/aromatic N) is 4. The molecule has 3 fully saturated rings. The Kier molecular flexibility index (Phi) is 11.2. The molecule has 2 aliphatic heterocycles. The maximum atomic E-state index is 13.2. The van der Waals surface area contributed by atoms with Gasteiger partial charge in [-0.15, -0.1) is 10.2 Å². The highest BCUT2D eigenvalue weighted by molar-refractivity contribution is 7.08. The zero-order valence-corrected chi connectivity index (χ0v) is 27.9. The second kappa shape index (κ2) is 15.1. The SMILES string of the molecule is CCC1CCC(C(=O)N[C@@H](CCN2C3CCC2CC(n2c(C)nnc2C(C)C)C3)c2ccsc2)CC1.O=Cc1ccsc1. The van der Waals surface area contributed by atoms with Crippen molar-refractivity contribution in [1.29, 1.82) is 0 Å². The number of carbonyl (C=O) groups is 2. The molecule has 43 heavy (non-hydrogen) atoms. The van der Waals surface area contributed by atoms with Crippen LogP contribution in [0.2, 0.25) is 0 Å². The van der Waals surface area contributed by atoms with Crippen molar-refractivity contribution in [2.75, 3.05) is 6.54 Å². The standard InChI is InChI=1S/C29H45N5OS.C5H4OS/c1-5-21-6-8-22(9-7-21)29(35)30-27(23-13-15-36-18-23)12-14-33-24-10-11-25(33)17-26(16-24)34-20(4)31-32-28(34)19(2)3;6-3-5-1-2-7-4-5/h13,15,18-19,21-22,24-27H,5-12,14,16-17H2,1-4H3,(H,30,35);1-4H/t21?,22?,24?,25?,26?,27-;/m0./s1. The first-order valence-corrected chi connectivity index (χ1v) is 18.2. The number of rotatable bonds is 10. The first-order valence-electron chi connectivity index (χ1n) is 16.3. The molecule has 2 bridgehead atoms. The summed E-state index contributed by atoms with van der Waals surface area (Å²) >= 11 is 3.27. The molecule has 234 valence electrons. The molecule has 0 spiro atoms. The Morgan fingerprint density at radius 1 is 1.00 bits per heavy atom. The highest BCUT2D eigenvalue weighted by Gasteiger charge is 2.42. The van der Waals surface area contributed by atoms with Crippen molar-refractivity contribution in [2.24, 2.45) is 11.8 Å². The number of piperidine rings is 1. The molecule has 5 heterocycles. The lowest BCUT2D eigenvalue weighted by Crippen LogP contribution is -2.45. The summed E-state index contributed by atoms with van der Waals surface area (Å²) in [6.07, 6.45) is 12.6. The summed E-state index contributed by atoms with van der Waals surface area (Å²) in [5, 5.41) is 20.5. The van der Waals surface area contributed by atoms with E-state index in [0.29, 0.717) is 24.0 Å². The zero-order valence-electron chi connectivity index (χ0n) is 26.3. The summed E-state index contributed by atoms with van der Waals surface area (Å²) < 4.78 is 2.44. The lowest BCUT2D eigenvalue weighted by Gasteiger charge is -2.40. The molecule has 2 saturated heterocycles. The van der Waals surface area contributed by atoms with E-state index < -0.39 is 0 Å². The summed E-state index contributed by atoms with van der Waals surface area (Å²) in [5.41, 5.74) is 2.05. The number of hydrogen-bond acceptors (Lipinski definition) is 7. The van der Waals surface area contributed by atoms with Crippen LogP contribution in [0.15, 0.2) is 33.7 Å². The van der Waals surface area contributed by atoms with E-state index in [9.17, 15) is 9.59 Å². The third-order valence-electron chi connectivity index (χ3n) is 10.0. The van der Waals surface area contributed by atoms with Crippen molar-refractivity contribution in [3.63, 3.8) is 0 Å². The number of hydrogen-bond donors (Lipinski definition) is 1. The van der Waals surface area contributed by atoms with E-state index in [1.54, 1.807) is 17.4 Å². The molecule has 3 aliphatic rings. The normalized spacial score (nSPS) is 26.1. The molecular weight excluding hydrogens is 575 g/mol. The van der Waals surface area contributed by atoms with Crippen molar-refractivity contribution in [3.05, 3.63) is 56.4 Å². The van der Waals surface area contributed by atoms with Crippen molar-refractivity contribution >= 4 is 34.9 Å². The minimum absolute atomic E-state index is 0.123. The van der Waals surface area contributed by atoms with Crippen LogP contribution >= 0.6 is 22.7 Å². The molecule has 3 atom stereocenters. The van der Waals surface area contributed by atoms with E-state index in [-0.39, 0.29) is 17.9 Å². The fourth-order valence-electron chi connectivity index (χ4n) is 7.59. The molecule has 0 aromatic carbocycles. The van der Waals surface area contributed by atoms with E-state index in [0.717, 1.165) is 55.2 Å². The fourth-order valence-corrected chi connectivity index (χ4v) is 8.91. The number of aryl methyl sites for hydroxylation is 1. The number of aldehydes is 1. The zero-order chi connectivity index (χ0) is 30.3. The number of amides is 1. The van der Waals surface area contributed by atoms with E-state index in [4.69, 9.17) is 0 Å². The van der Waals surface area contributed by atoms with Gasteiger partial charge < -0.3 is 9.88 Å². The minimum atomic E-state index is 0.123. The van der Waals surface area contributed by atoms with Gasteiger partial charge in [0.2, 0.25) is 5.91 Å². The van der Waals surface area contributed by atoms with Crippen LogP contribution < -0.4 is 5.32 Å². The highest BCUT2D eigenvalue weighted by atomic mass is 32.1. The molecule has 3 aromatic heterocycles. The molecule has 6 rings (SSSR count). The van der Waals surface area contributed by atoms with Crippen molar-refractivity contribution in [2.45, 2.75) is 122 Å². The topological polar surface area (TPSA) is 80.1 Å². The maximum absolute atomic E-state index is 13.2. The van der Waals surface area contributed by atoms with E-state index >= 15 is 0 Å². The number of aromatic nitrogens is 3. The number of fused-ring (bicyclic) bond motifs is 2. The molecule has 3 aromatic rings. The van der Waals surface area contributed by atoms with Crippen molar-refractivity contribution in [3.8, 4) is 0 Å². The predicted molar refractivity (Wildman–Crippen MR) is 176 cm³/mol. The Bertz CT molecular complexity index is 1270. The van der Waals surface area contributed by atoms with Gasteiger partial charge in [-0.05, 0) is 104 Å². The van der Waals surface area contributed by atoms with Gasteiger partial charge in [-0.25, -0.2) is 0 Å². The largest absolute Gasteiger partial charge is 0.349 e. The molecule has 7 nitrogen and oxygen atoms in total. The Morgan fingerprint density at radius 2 is 1.70 bits per heavy atom. The quantitative estimate of drug-likeness (QED) is 0.232. The van der Waals surface area contributed by atoms with Gasteiger partial charge in [-0.1, -0.05) is 27.2 Å². The summed E-state index contributed by atoms with van der Waals surface area (Å²) in [6, 6.07) is 5.87. The van der Waals surface area contributed by atoms with Gasteiger partial charge in [-0.3, -0.25) is 14.5 Å². The average molecular weight is 624 g/mol. The van der Waals surface area contributed by atoms with Crippen LogP contribution in [0.3, 0.4) is 0 Å². The minimum Gasteiger partial charge on any atom is -0.349 e. The van der Waals surface area contributed by atoms with Crippen LogP contribution in [-0.2, 0) is 4.79 Å². The Balaban J connectivity index is 0.000000463. The third-order valence-corrected chi connectivity index (χ3v) is 11.4. The molecule has 9 heteroatoms. The van der Waals surface area contributed by atoms with Gasteiger partial charge in [0.25, 0.3) is 0 Å². The van der Waals surface area contributed by atoms with Crippen molar-refractivity contribution in [1.82, 2.24) is 25.0 Å². The van der Waals surface area contributed by atoms with Gasteiger partial charge >= 0.3 is 0 Å². The predicted octanol–water partition coefficient (Wildman–Crippen LogP) is 7.96. The molecule has 1 amide bonds. The molecule has 0 radical (unpaired) electrons. The van der Waals surface area contributed by atoms with Crippen LogP contribution in [0.4, 0.5) is 0 Å². The Hall–Kier alpha value is -2.36. The van der Waals surface area contributed by atoms with E-state index in [1.807, 2.05) is 10.8 Å². The van der Waals surface area contributed by atoms with Gasteiger partial charge in [0.05, 0.1) is 6.04 Å². The van der Waals surface area contributed by atoms with Gasteiger partial charge in [-0.2, -0.15) is 22.7 Å². The van der Waals surface area contributed by atoms with Gasteiger partial charge in [0.1, 0.15) is 11.6 Å². The number of nitrogens with one attached hydrogen (secondary N) is 1. The number of carbonyl (C=O) groups excluding carboxylic acids is 2. The van der Waals surface area contributed by atoms with Gasteiger partial charge in [0.15, 0.2) is 6.29 Å². The number of thiophene rings is 2. The monoisotopic (exact) mass is 623 g/mol. The smallest absolute Gasteiger partial charge is 0.223 e. The van der Waals surface area contributed by atoms with E-state index in [1.165, 1.54) is 61.8 Å². The van der Waals surface area contributed by atoms with Crippen LogP contribution in [0, 0.1) is 18.8 Å². The van der Waals surface area contributed by atoms with Crippen LogP contribution in [0.25, 0.3) is 0 Å². The second-order valence-corrected chi connectivity index (χ2v) is 14.6. The Morgan fingerprint density at radius 3 is 2.26 bits per heavy atom. The third kappa shape index (κ3) is 7.84. The first kappa shape index (κ1) is 32.0. The van der Waals surface area contributed by atoms with Crippen LogP contribution in [-0.4, -0.2) is 50.5 Å². The van der Waals surface area contributed by atoms with Crippen LogP contribution in [0.5, 0.6) is 0 Å². The van der Waals surface area contributed by atoms with Crippen molar-refractivity contribution < 1.29 is 9.59 Å². The molecular formula is C34H49N5O2S2. The lowest BCUT2D eigenvalue weighted by molar-refractivity contribution is -0.127. The molecule has 1 saturated carbocycles.